The quantitative estimate of drug-likeness (QED) is 0.123. The van der Waals surface area contributed by atoms with Crippen molar-refractivity contribution in [1.82, 2.24) is 0 Å². The molecule has 178 valence electrons. The van der Waals surface area contributed by atoms with Crippen molar-refractivity contribution in [2.45, 2.75) is 126 Å². The van der Waals surface area contributed by atoms with Crippen LogP contribution in [0.5, 0.6) is 0 Å². The first-order chi connectivity index (χ1) is 14.5. The van der Waals surface area contributed by atoms with Crippen LogP contribution >= 0.6 is 0 Å². The summed E-state index contributed by atoms with van der Waals surface area (Å²) >= 11 is 0.0736. The number of ether oxygens (including phenoxy) is 2. The topological polar surface area (TPSA) is 72.8 Å². The maximum atomic E-state index is 10.8. The predicted molar refractivity (Wildman–Crippen MR) is 126 cm³/mol. The molecule has 1 atom stereocenters. The Hall–Kier alpha value is -0.301. The maximum absolute atomic E-state index is 10.8. The fourth-order valence-corrected chi connectivity index (χ4v) is 6.45. The van der Waals surface area contributed by atoms with Crippen molar-refractivity contribution >= 4 is 33.1 Å². The average Bonchev–Trinajstić information content (AvgIpc) is 2.72. The molecule has 30 heavy (non-hydrogen) atoms. The summed E-state index contributed by atoms with van der Waals surface area (Å²) in [5.74, 6) is -1.40. The number of hydrogen-bond acceptors (Lipinski definition) is 5. The number of unbranched alkanes of at least 4 members (excludes halogenated alkanes) is 10. The Labute approximate surface area is 196 Å². The van der Waals surface area contributed by atoms with Crippen LogP contribution in [0.25, 0.3) is 0 Å². The number of esters is 2. The Bertz CT molecular complexity index is 363. The Morgan fingerprint density at radius 3 is 1.57 bits per heavy atom. The summed E-state index contributed by atoms with van der Waals surface area (Å²) in [5.41, 5.74) is 0. The molecule has 0 aromatic heterocycles. The third-order valence-corrected chi connectivity index (χ3v) is 8.67. The van der Waals surface area contributed by atoms with E-state index in [0.29, 0.717) is 0 Å². The zero-order chi connectivity index (χ0) is 22.9. The summed E-state index contributed by atoms with van der Waals surface area (Å²) in [6.07, 6.45) is 16.1. The van der Waals surface area contributed by atoms with Crippen molar-refractivity contribution in [2.75, 3.05) is 13.2 Å². The molecule has 0 aliphatic carbocycles. The van der Waals surface area contributed by atoms with E-state index >= 15 is 0 Å². The van der Waals surface area contributed by atoms with Gasteiger partial charge in [-0.1, -0.05) is 0 Å². The standard InChI is InChI=1S/C8H14O5.2C8H17.Sn/c1-3-12-7(10)5-6(9)8(11)13-4-2;2*1-3-5-7-8-6-4-2;/h6,9H,3-5H2,1-2H3;2*1,3-8H2,2H3;. The van der Waals surface area contributed by atoms with Gasteiger partial charge in [0.25, 0.3) is 0 Å². The number of aliphatic hydroxyl groups is 1. The van der Waals surface area contributed by atoms with Gasteiger partial charge in [0.15, 0.2) is 6.10 Å². The van der Waals surface area contributed by atoms with Crippen LogP contribution in [0, 0.1) is 0 Å². The van der Waals surface area contributed by atoms with Gasteiger partial charge >= 0.3 is 133 Å². The summed E-state index contributed by atoms with van der Waals surface area (Å²) in [4.78, 5) is 21.6. The van der Waals surface area contributed by atoms with Crippen LogP contribution in [0.3, 0.4) is 0 Å². The van der Waals surface area contributed by atoms with Crippen LogP contribution in [0.4, 0.5) is 0 Å². The van der Waals surface area contributed by atoms with E-state index in [1.165, 1.54) is 64.2 Å². The number of carbonyl (C=O) groups excluding carboxylic acids is 2. The summed E-state index contributed by atoms with van der Waals surface area (Å²) in [7, 11) is 0. The van der Waals surface area contributed by atoms with Crippen LogP contribution < -0.4 is 0 Å². The van der Waals surface area contributed by atoms with Gasteiger partial charge in [0.2, 0.25) is 0 Å². The van der Waals surface area contributed by atoms with E-state index in [0.717, 1.165) is 0 Å². The van der Waals surface area contributed by atoms with Crippen molar-refractivity contribution in [1.29, 1.82) is 0 Å². The Kier molecular flexibility index (Phi) is 28.4. The Morgan fingerprint density at radius 1 is 0.700 bits per heavy atom. The molecule has 0 bridgehead atoms. The molecule has 0 spiro atoms. The van der Waals surface area contributed by atoms with Crippen LogP contribution in [0.15, 0.2) is 0 Å². The van der Waals surface area contributed by atoms with Gasteiger partial charge in [0, 0.05) is 0 Å². The number of aliphatic hydroxyl groups excluding tert-OH is 1. The predicted octanol–water partition coefficient (Wildman–Crippen LogP) is 6.11. The summed E-state index contributed by atoms with van der Waals surface area (Å²) < 4.78 is 12.3. The molecule has 0 amide bonds. The van der Waals surface area contributed by atoms with E-state index in [-0.39, 0.29) is 40.8 Å². The second kappa shape index (κ2) is 26.7. The first-order valence-corrected chi connectivity index (χ1v) is 16.3. The number of carbonyl (C=O) groups is 2. The van der Waals surface area contributed by atoms with E-state index in [4.69, 9.17) is 5.11 Å². The first-order valence-electron chi connectivity index (χ1n) is 12.2. The molecular weight excluding hydrogens is 487 g/mol. The minimum Gasteiger partial charge on any atom is -0.466 e. The minimum atomic E-state index is -1.42. The normalized spacial score (nSPS) is 11.4. The van der Waals surface area contributed by atoms with Gasteiger partial charge in [-0.05, 0) is 13.8 Å². The van der Waals surface area contributed by atoms with Gasteiger partial charge < -0.3 is 14.6 Å². The van der Waals surface area contributed by atoms with E-state index < -0.39 is 18.0 Å². The van der Waals surface area contributed by atoms with E-state index in [1.54, 1.807) is 35.6 Å². The number of hydrogen-bond donors (Lipinski definition) is 1. The molecule has 0 heterocycles. The van der Waals surface area contributed by atoms with Gasteiger partial charge in [-0.15, -0.1) is 0 Å². The monoisotopic (exact) mass is 536 g/mol. The molecule has 1 unspecified atom stereocenters. The molecular formula is C24H48O5Sn. The maximum Gasteiger partial charge on any atom is 0.335 e. The Balaban J connectivity index is 0. The largest absolute Gasteiger partial charge is 0.466 e. The fraction of sp³-hybridized carbons (Fsp3) is 0.917. The van der Waals surface area contributed by atoms with Crippen molar-refractivity contribution in [3.63, 3.8) is 0 Å². The SMILES string of the molecule is CCCCCCC[CH2][Sn][CH2]CCCCCCC.CCOC(=O)CC(O)C(=O)OCC. The molecule has 0 aromatic rings. The van der Waals surface area contributed by atoms with Crippen LogP contribution in [0.1, 0.15) is 111 Å². The van der Waals surface area contributed by atoms with Crippen LogP contribution in [-0.4, -0.2) is 57.5 Å². The molecule has 0 aliphatic heterocycles. The molecule has 0 fully saturated rings. The van der Waals surface area contributed by atoms with Crippen molar-refractivity contribution in [3.8, 4) is 0 Å². The molecule has 1 N–H and O–H groups in total. The second-order valence-corrected chi connectivity index (χ2v) is 11.8. The molecule has 6 heteroatoms. The molecule has 0 rings (SSSR count). The zero-order valence-corrected chi connectivity index (χ0v) is 23.0. The van der Waals surface area contributed by atoms with Gasteiger partial charge in [0.05, 0.1) is 19.6 Å². The van der Waals surface area contributed by atoms with E-state index in [2.05, 4.69) is 23.3 Å². The van der Waals surface area contributed by atoms with Crippen molar-refractivity contribution in [3.05, 3.63) is 0 Å². The van der Waals surface area contributed by atoms with Crippen LogP contribution in [-0.2, 0) is 19.1 Å². The fourth-order valence-electron chi connectivity index (χ4n) is 2.89. The molecule has 0 aliphatic rings. The third kappa shape index (κ3) is 25.7. The molecule has 2 radical (unpaired) electrons. The van der Waals surface area contributed by atoms with Crippen molar-refractivity contribution in [2.24, 2.45) is 0 Å². The first kappa shape index (κ1) is 31.9. The number of rotatable bonds is 19. The van der Waals surface area contributed by atoms with Gasteiger partial charge in [0.1, 0.15) is 0 Å². The molecule has 0 aromatic carbocycles. The minimum absolute atomic E-state index is 0.0736. The van der Waals surface area contributed by atoms with Crippen molar-refractivity contribution < 1.29 is 24.2 Å². The van der Waals surface area contributed by atoms with E-state index in [1.807, 2.05) is 0 Å². The third-order valence-electron chi connectivity index (χ3n) is 4.64. The zero-order valence-electron chi connectivity index (χ0n) is 20.2. The van der Waals surface area contributed by atoms with Crippen LogP contribution in [0.2, 0.25) is 8.87 Å². The van der Waals surface area contributed by atoms with Gasteiger partial charge in [-0.25, -0.2) is 4.79 Å². The molecule has 0 saturated carbocycles. The summed E-state index contributed by atoms with van der Waals surface area (Å²) in [6, 6.07) is 0. The average molecular weight is 535 g/mol. The van der Waals surface area contributed by atoms with E-state index in [9.17, 15) is 9.59 Å². The smallest absolute Gasteiger partial charge is 0.335 e. The summed E-state index contributed by atoms with van der Waals surface area (Å²) in [5, 5.41) is 9.07. The second-order valence-electron chi connectivity index (χ2n) is 7.56. The molecule has 5 nitrogen and oxygen atoms in total. The summed E-state index contributed by atoms with van der Waals surface area (Å²) in [6.45, 7) is 8.28. The Morgan fingerprint density at radius 2 is 1.13 bits per heavy atom. The van der Waals surface area contributed by atoms with Gasteiger partial charge in [-0.2, -0.15) is 0 Å². The molecule has 0 saturated heterocycles. The van der Waals surface area contributed by atoms with Gasteiger partial charge in [-0.3, -0.25) is 4.79 Å².